The number of hydrogen-bond donors (Lipinski definition) is 0. The summed E-state index contributed by atoms with van der Waals surface area (Å²) >= 11 is 0. The summed E-state index contributed by atoms with van der Waals surface area (Å²) in [4.78, 5) is 0. The number of nitrogens with zero attached hydrogens (tertiary/aromatic N) is 1. The molecule has 4 nitrogen and oxygen atoms in total. The molecule has 0 bridgehead atoms. The van der Waals surface area contributed by atoms with Crippen molar-refractivity contribution in [2.75, 3.05) is 0 Å². The van der Waals surface area contributed by atoms with Gasteiger partial charge in [-0.05, 0) is 19.4 Å². The predicted molar refractivity (Wildman–Crippen MR) is 60.9 cm³/mol. The molecule has 1 aromatic rings. The highest BCUT2D eigenvalue weighted by Crippen LogP contribution is 2.26. The molecule has 16 heavy (non-hydrogen) atoms. The van der Waals surface area contributed by atoms with Crippen molar-refractivity contribution in [2.24, 2.45) is 0 Å². The second kappa shape index (κ2) is 4.16. The van der Waals surface area contributed by atoms with Crippen molar-refractivity contribution in [1.82, 2.24) is 4.31 Å². The molecule has 1 saturated heterocycles. The molecular formula is C11H15NO3S. The molecule has 5 heteroatoms. The minimum Gasteiger partial charge on any atom is -0.253 e. The van der Waals surface area contributed by atoms with Crippen LogP contribution in [-0.2, 0) is 21.0 Å². The van der Waals surface area contributed by atoms with Crippen LogP contribution in [0.5, 0.6) is 0 Å². The third-order valence-electron chi connectivity index (χ3n) is 2.88. The summed E-state index contributed by atoms with van der Waals surface area (Å²) in [5.74, 6) is 0. The van der Waals surface area contributed by atoms with Crippen LogP contribution in [0.15, 0.2) is 30.3 Å². The average molecular weight is 241 g/mol. The van der Waals surface area contributed by atoms with Gasteiger partial charge in [0.05, 0.1) is 12.1 Å². The Kier molecular flexibility index (Phi) is 3.01. The van der Waals surface area contributed by atoms with Gasteiger partial charge in [-0.1, -0.05) is 30.3 Å². The average Bonchev–Trinajstić information content (AvgIpc) is 2.42. The third kappa shape index (κ3) is 2.11. The summed E-state index contributed by atoms with van der Waals surface area (Å²) in [5, 5.41) is 0. The van der Waals surface area contributed by atoms with E-state index in [9.17, 15) is 8.42 Å². The van der Waals surface area contributed by atoms with Gasteiger partial charge in [0.25, 0.3) is 0 Å². The van der Waals surface area contributed by atoms with Gasteiger partial charge in [0.2, 0.25) is 0 Å². The van der Waals surface area contributed by atoms with E-state index in [0.717, 1.165) is 5.56 Å². The van der Waals surface area contributed by atoms with E-state index in [0.29, 0.717) is 6.54 Å². The van der Waals surface area contributed by atoms with E-state index < -0.39 is 10.3 Å². The molecule has 1 aliphatic heterocycles. The molecule has 0 aliphatic carbocycles. The number of hydrogen-bond acceptors (Lipinski definition) is 3. The first-order valence-electron chi connectivity index (χ1n) is 5.24. The van der Waals surface area contributed by atoms with E-state index in [-0.39, 0.29) is 12.1 Å². The van der Waals surface area contributed by atoms with Crippen LogP contribution in [0.25, 0.3) is 0 Å². The fraction of sp³-hybridized carbons (Fsp3) is 0.455. The summed E-state index contributed by atoms with van der Waals surface area (Å²) in [6, 6.07) is 9.39. The summed E-state index contributed by atoms with van der Waals surface area (Å²) in [6.07, 6.45) is -0.284. The molecule has 0 amide bonds. The summed E-state index contributed by atoms with van der Waals surface area (Å²) in [5.41, 5.74) is 0.968. The predicted octanol–water partition coefficient (Wildman–Crippen LogP) is 1.54. The molecule has 88 valence electrons. The van der Waals surface area contributed by atoms with Gasteiger partial charge in [-0.15, -0.1) is 0 Å². The van der Waals surface area contributed by atoms with E-state index in [4.69, 9.17) is 4.18 Å². The van der Waals surface area contributed by atoms with Gasteiger partial charge < -0.3 is 0 Å². The molecule has 0 N–H and O–H groups in total. The molecule has 0 radical (unpaired) electrons. The zero-order valence-electron chi connectivity index (χ0n) is 9.33. The highest BCUT2D eigenvalue weighted by molar-refractivity contribution is 7.84. The molecule has 1 aromatic carbocycles. The van der Waals surface area contributed by atoms with Gasteiger partial charge in [-0.25, -0.2) is 0 Å². The van der Waals surface area contributed by atoms with Crippen molar-refractivity contribution in [3.05, 3.63) is 35.9 Å². The van der Waals surface area contributed by atoms with Crippen LogP contribution in [-0.4, -0.2) is 24.9 Å². The molecular weight excluding hydrogens is 226 g/mol. The van der Waals surface area contributed by atoms with Crippen LogP contribution in [0.4, 0.5) is 0 Å². The van der Waals surface area contributed by atoms with E-state index in [1.54, 1.807) is 6.92 Å². The third-order valence-corrected chi connectivity index (χ3v) is 4.46. The fourth-order valence-corrected chi connectivity index (χ4v) is 3.29. The highest BCUT2D eigenvalue weighted by atomic mass is 32.2. The van der Waals surface area contributed by atoms with Crippen molar-refractivity contribution in [3.8, 4) is 0 Å². The van der Waals surface area contributed by atoms with Gasteiger partial charge in [-0.3, -0.25) is 4.18 Å². The van der Waals surface area contributed by atoms with E-state index in [2.05, 4.69) is 0 Å². The van der Waals surface area contributed by atoms with Gasteiger partial charge in [-0.2, -0.15) is 12.7 Å². The van der Waals surface area contributed by atoms with Gasteiger partial charge >= 0.3 is 10.3 Å². The van der Waals surface area contributed by atoms with Gasteiger partial charge in [0.1, 0.15) is 0 Å². The normalized spacial score (nSPS) is 29.4. The van der Waals surface area contributed by atoms with Crippen LogP contribution >= 0.6 is 0 Å². The lowest BCUT2D eigenvalue weighted by Crippen LogP contribution is -2.33. The summed E-state index contributed by atoms with van der Waals surface area (Å²) < 4.78 is 29.7. The molecule has 2 atom stereocenters. The van der Waals surface area contributed by atoms with Crippen molar-refractivity contribution < 1.29 is 12.6 Å². The molecule has 0 saturated carbocycles. The van der Waals surface area contributed by atoms with E-state index >= 15 is 0 Å². The molecule has 1 aliphatic rings. The fourth-order valence-electron chi connectivity index (χ4n) is 1.75. The largest absolute Gasteiger partial charge is 0.339 e. The first-order valence-corrected chi connectivity index (χ1v) is 6.61. The van der Waals surface area contributed by atoms with Gasteiger partial charge in [0.15, 0.2) is 0 Å². The Balaban J connectivity index is 2.22. The van der Waals surface area contributed by atoms with Crippen LogP contribution in [0.1, 0.15) is 19.4 Å². The molecule has 1 fully saturated rings. The van der Waals surface area contributed by atoms with Gasteiger partial charge in [0, 0.05) is 6.54 Å². The van der Waals surface area contributed by atoms with Crippen molar-refractivity contribution in [3.63, 3.8) is 0 Å². The molecule has 1 heterocycles. The Morgan fingerprint density at radius 1 is 1.25 bits per heavy atom. The molecule has 2 rings (SSSR count). The Morgan fingerprint density at radius 3 is 2.38 bits per heavy atom. The van der Waals surface area contributed by atoms with Crippen LogP contribution in [0.2, 0.25) is 0 Å². The Bertz CT molecular complexity index is 457. The van der Waals surface area contributed by atoms with Crippen LogP contribution < -0.4 is 0 Å². The first kappa shape index (κ1) is 11.6. The SMILES string of the molecule is C[C@@H]1OS(=O)(=O)N(Cc2ccccc2)[C@H]1C. The Morgan fingerprint density at radius 2 is 1.88 bits per heavy atom. The van der Waals surface area contributed by atoms with E-state index in [1.807, 2.05) is 37.3 Å². The Hall–Kier alpha value is -0.910. The zero-order chi connectivity index (χ0) is 11.8. The summed E-state index contributed by atoms with van der Waals surface area (Å²) in [6.45, 7) is 4.00. The smallest absolute Gasteiger partial charge is 0.253 e. The second-order valence-electron chi connectivity index (χ2n) is 4.03. The van der Waals surface area contributed by atoms with Crippen LogP contribution in [0, 0.1) is 0 Å². The highest BCUT2D eigenvalue weighted by Gasteiger charge is 2.41. The lowest BCUT2D eigenvalue weighted by atomic mass is 10.2. The second-order valence-corrected chi connectivity index (χ2v) is 5.55. The maximum Gasteiger partial charge on any atom is 0.339 e. The van der Waals surface area contributed by atoms with E-state index in [1.165, 1.54) is 4.31 Å². The maximum atomic E-state index is 11.7. The van der Waals surface area contributed by atoms with Crippen molar-refractivity contribution >= 4 is 10.3 Å². The summed E-state index contributed by atoms with van der Waals surface area (Å²) in [7, 11) is -3.55. The maximum absolute atomic E-state index is 11.7. The lowest BCUT2D eigenvalue weighted by molar-refractivity contribution is 0.222. The minimum atomic E-state index is -3.55. The molecule has 0 spiro atoms. The standard InChI is InChI=1S/C11H15NO3S/c1-9-10(2)15-16(13,14)12(9)8-11-6-4-3-5-7-11/h3-7,9-10H,8H2,1-2H3/t9-,10-/m0/s1. The lowest BCUT2D eigenvalue weighted by Gasteiger charge is -2.18. The Labute approximate surface area is 96.1 Å². The molecule has 0 unspecified atom stereocenters. The quantitative estimate of drug-likeness (QED) is 0.789. The molecule has 0 aromatic heterocycles. The number of rotatable bonds is 2. The van der Waals surface area contributed by atoms with Crippen molar-refractivity contribution in [1.29, 1.82) is 0 Å². The number of benzene rings is 1. The zero-order valence-corrected chi connectivity index (χ0v) is 10.1. The topological polar surface area (TPSA) is 46.6 Å². The minimum absolute atomic E-state index is 0.120. The van der Waals surface area contributed by atoms with Crippen LogP contribution in [0.3, 0.4) is 0 Å². The monoisotopic (exact) mass is 241 g/mol. The van der Waals surface area contributed by atoms with Crippen molar-refractivity contribution in [2.45, 2.75) is 32.5 Å². The first-order chi connectivity index (χ1) is 7.50.